The Bertz CT molecular complexity index is 629. The van der Waals surface area contributed by atoms with Gasteiger partial charge in [-0.05, 0) is 55.0 Å². The fourth-order valence-corrected chi connectivity index (χ4v) is 2.46. The van der Waals surface area contributed by atoms with Crippen LogP contribution in [-0.4, -0.2) is 12.5 Å². The molecule has 3 nitrogen and oxygen atoms in total. The van der Waals surface area contributed by atoms with E-state index in [2.05, 4.69) is 26.6 Å². The van der Waals surface area contributed by atoms with Crippen molar-refractivity contribution in [3.8, 4) is 0 Å². The van der Waals surface area contributed by atoms with Gasteiger partial charge < -0.3 is 10.6 Å². The van der Waals surface area contributed by atoms with Crippen LogP contribution in [0.25, 0.3) is 0 Å². The number of hydrogen-bond acceptors (Lipinski definition) is 2. The Morgan fingerprint density at radius 3 is 2.57 bits per heavy atom. The molecule has 0 aliphatic heterocycles. The largest absolute Gasteiger partial charge is 0.381 e. The molecule has 0 bridgehead atoms. The van der Waals surface area contributed by atoms with Crippen molar-refractivity contribution in [2.24, 2.45) is 0 Å². The molecule has 0 fully saturated rings. The number of hydrogen-bond donors (Lipinski definition) is 2. The average molecular weight is 368 g/mol. The van der Waals surface area contributed by atoms with Gasteiger partial charge in [0, 0.05) is 33.8 Å². The summed E-state index contributed by atoms with van der Waals surface area (Å²) < 4.78 is 1.01. The smallest absolute Gasteiger partial charge is 0.251 e. The molecule has 0 atom stereocenters. The van der Waals surface area contributed by atoms with Gasteiger partial charge in [0.25, 0.3) is 5.91 Å². The van der Waals surface area contributed by atoms with Crippen LogP contribution in [0.2, 0.25) is 5.02 Å². The molecule has 0 spiro atoms. The predicted molar refractivity (Wildman–Crippen MR) is 90.9 cm³/mol. The number of carbonyl (C=O) groups is 1. The molecule has 0 unspecified atom stereocenters. The molecule has 2 N–H and O–H groups in total. The second kappa shape index (κ2) is 7.48. The topological polar surface area (TPSA) is 41.1 Å². The molecule has 0 saturated heterocycles. The van der Waals surface area contributed by atoms with E-state index >= 15 is 0 Å². The number of amides is 1. The summed E-state index contributed by atoms with van der Waals surface area (Å²) in [7, 11) is 0. The summed E-state index contributed by atoms with van der Waals surface area (Å²) in [5.41, 5.74) is 2.69. The van der Waals surface area contributed by atoms with Crippen LogP contribution in [0.5, 0.6) is 0 Å². The van der Waals surface area contributed by atoms with E-state index in [4.69, 9.17) is 11.6 Å². The number of nitrogens with one attached hydrogen (secondary N) is 2. The lowest BCUT2D eigenvalue weighted by Gasteiger charge is -2.09. The van der Waals surface area contributed by atoms with Crippen molar-refractivity contribution >= 4 is 39.1 Å². The normalized spacial score (nSPS) is 10.2. The van der Waals surface area contributed by atoms with Gasteiger partial charge in [-0.25, -0.2) is 0 Å². The highest BCUT2D eigenvalue weighted by molar-refractivity contribution is 9.10. The third-order valence-corrected chi connectivity index (χ3v) is 3.98. The number of carbonyl (C=O) groups excluding carboxylic acids is 1. The Morgan fingerprint density at radius 1 is 1.19 bits per heavy atom. The van der Waals surface area contributed by atoms with Gasteiger partial charge in [-0.1, -0.05) is 27.5 Å². The molecule has 0 aliphatic carbocycles. The summed E-state index contributed by atoms with van der Waals surface area (Å²) in [4.78, 5) is 11.7. The number of halogens is 2. The summed E-state index contributed by atoms with van der Waals surface area (Å²) in [5.74, 6) is -0.0540. The fraction of sp³-hybridized carbons (Fsp3) is 0.188. The fourth-order valence-electron chi connectivity index (χ4n) is 1.88. The number of benzene rings is 2. The Balaban J connectivity index is 2.00. The quantitative estimate of drug-likeness (QED) is 0.819. The maximum absolute atomic E-state index is 11.7. The molecule has 2 aromatic rings. The minimum absolute atomic E-state index is 0.0540. The summed E-state index contributed by atoms with van der Waals surface area (Å²) in [6.45, 7) is 3.18. The predicted octanol–water partition coefficient (Wildman–Crippen LogP) is 4.46. The number of rotatable bonds is 5. The first-order chi connectivity index (χ1) is 10.1. The van der Waals surface area contributed by atoms with E-state index in [1.54, 1.807) is 12.1 Å². The van der Waals surface area contributed by atoms with E-state index in [0.29, 0.717) is 23.7 Å². The van der Waals surface area contributed by atoms with Crippen LogP contribution >= 0.6 is 27.5 Å². The molecule has 0 heterocycles. The van der Waals surface area contributed by atoms with Crippen LogP contribution in [0.15, 0.2) is 46.9 Å². The molecule has 5 heteroatoms. The summed E-state index contributed by atoms with van der Waals surface area (Å²) >= 11 is 9.49. The Labute approximate surface area is 137 Å². The first-order valence-electron chi connectivity index (χ1n) is 6.66. The van der Waals surface area contributed by atoms with Gasteiger partial charge in [0.1, 0.15) is 0 Å². The molecule has 0 radical (unpaired) electrons. The third kappa shape index (κ3) is 4.48. The van der Waals surface area contributed by atoms with Gasteiger partial charge in [0.15, 0.2) is 0 Å². The number of anilines is 1. The monoisotopic (exact) mass is 366 g/mol. The maximum Gasteiger partial charge on any atom is 0.251 e. The molecule has 1 amide bonds. The zero-order chi connectivity index (χ0) is 15.2. The summed E-state index contributed by atoms with van der Waals surface area (Å²) in [6, 6.07) is 13.1. The minimum atomic E-state index is -0.0540. The van der Waals surface area contributed by atoms with Crippen LogP contribution in [0, 0.1) is 0 Å². The summed E-state index contributed by atoms with van der Waals surface area (Å²) in [5, 5.41) is 6.79. The molecule has 110 valence electrons. The SMILES string of the molecule is CCNC(=O)c1ccc(NCc2cc(Cl)ccc2Br)cc1. The van der Waals surface area contributed by atoms with Gasteiger partial charge in [0.05, 0.1) is 0 Å². The van der Waals surface area contributed by atoms with E-state index in [9.17, 15) is 4.79 Å². The van der Waals surface area contributed by atoms with Crippen molar-refractivity contribution in [3.05, 3.63) is 63.1 Å². The Kier molecular flexibility index (Phi) is 5.65. The van der Waals surface area contributed by atoms with Gasteiger partial charge >= 0.3 is 0 Å². The summed E-state index contributed by atoms with van der Waals surface area (Å²) in [6.07, 6.45) is 0. The molecular weight excluding hydrogens is 352 g/mol. The zero-order valence-corrected chi connectivity index (χ0v) is 14.0. The van der Waals surface area contributed by atoms with E-state index < -0.39 is 0 Å². The second-order valence-electron chi connectivity index (χ2n) is 4.53. The Hall–Kier alpha value is -1.52. The van der Waals surface area contributed by atoms with E-state index in [0.717, 1.165) is 15.7 Å². The average Bonchev–Trinajstić information content (AvgIpc) is 2.49. The van der Waals surface area contributed by atoms with Gasteiger partial charge in [0.2, 0.25) is 0 Å². The van der Waals surface area contributed by atoms with Crippen molar-refractivity contribution in [2.75, 3.05) is 11.9 Å². The van der Waals surface area contributed by atoms with E-state index in [1.165, 1.54) is 0 Å². The molecule has 21 heavy (non-hydrogen) atoms. The molecule has 0 saturated carbocycles. The third-order valence-electron chi connectivity index (χ3n) is 2.98. The van der Waals surface area contributed by atoms with Crippen LogP contribution in [0.1, 0.15) is 22.8 Å². The van der Waals surface area contributed by atoms with Crippen LogP contribution in [0.3, 0.4) is 0 Å². The van der Waals surface area contributed by atoms with Crippen molar-refractivity contribution in [2.45, 2.75) is 13.5 Å². The zero-order valence-electron chi connectivity index (χ0n) is 11.6. The van der Waals surface area contributed by atoms with Crippen molar-refractivity contribution in [1.82, 2.24) is 5.32 Å². The molecule has 0 aromatic heterocycles. The maximum atomic E-state index is 11.7. The van der Waals surface area contributed by atoms with E-state index in [-0.39, 0.29) is 5.91 Å². The Morgan fingerprint density at radius 2 is 1.90 bits per heavy atom. The van der Waals surface area contributed by atoms with E-state index in [1.807, 2.05) is 37.3 Å². The highest BCUT2D eigenvalue weighted by Gasteiger charge is 2.04. The van der Waals surface area contributed by atoms with Crippen LogP contribution in [-0.2, 0) is 6.54 Å². The van der Waals surface area contributed by atoms with Gasteiger partial charge in [-0.3, -0.25) is 4.79 Å². The molecule has 2 rings (SSSR count). The first-order valence-corrected chi connectivity index (χ1v) is 7.83. The lowest BCUT2D eigenvalue weighted by atomic mass is 10.2. The lowest BCUT2D eigenvalue weighted by molar-refractivity contribution is 0.0956. The first kappa shape index (κ1) is 15.9. The molecule has 0 aliphatic rings. The minimum Gasteiger partial charge on any atom is -0.381 e. The molecule has 2 aromatic carbocycles. The van der Waals surface area contributed by atoms with Gasteiger partial charge in [-0.15, -0.1) is 0 Å². The lowest BCUT2D eigenvalue weighted by Crippen LogP contribution is -2.22. The van der Waals surface area contributed by atoms with Crippen molar-refractivity contribution in [1.29, 1.82) is 0 Å². The van der Waals surface area contributed by atoms with Gasteiger partial charge in [-0.2, -0.15) is 0 Å². The van der Waals surface area contributed by atoms with Crippen LogP contribution < -0.4 is 10.6 Å². The molecular formula is C16H16BrClN2O. The van der Waals surface area contributed by atoms with Crippen LogP contribution in [0.4, 0.5) is 5.69 Å². The standard InChI is InChI=1S/C16H16BrClN2O/c1-2-19-16(21)11-3-6-14(7-4-11)20-10-12-9-13(18)5-8-15(12)17/h3-9,20H,2,10H2,1H3,(H,19,21). The second-order valence-corrected chi connectivity index (χ2v) is 5.82. The highest BCUT2D eigenvalue weighted by Crippen LogP contribution is 2.22. The van der Waals surface area contributed by atoms with Crippen molar-refractivity contribution < 1.29 is 4.79 Å². The highest BCUT2D eigenvalue weighted by atomic mass is 79.9. The van der Waals surface area contributed by atoms with Crippen molar-refractivity contribution in [3.63, 3.8) is 0 Å².